The maximum Gasteiger partial charge on any atom is -0.0100 e. The van der Waals surface area contributed by atoms with Crippen LogP contribution in [0.4, 0.5) is 0 Å². The second-order valence-electron chi connectivity index (χ2n) is 6.24. The maximum absolute atomic E-state index is 3.78. The molecule has 1 rings (SSSR count). The molecule has 0 radical (unpaired) electrons. The summed E-state index contributed by atoms with van der Waals surface area (Å²) >= 11 is 0. The number of aryl methyl sites for hydroxylation is 1. The summed E-state index contributed by atoms with van der Waals surface area (Å²) in [6.07, 6.45) is 18.3. The van der Waals surface area contributed by atoms with Crippen LogP contribution in [0, 0.1) is 0 Å². The molecule has 0 bridgehead atoms. The van der Waals surface area contributed by atoms with Crippen molar-refractivity contribution in [3.05, 3.63) is 48.0 Å². The molecular formula is C21H34. The molecule has 0 aliphatic rings. The van der Waals surface area contributed by atoms with Gasteiger partial charge in [-0.25, -0.2) is 0 Å². The number of benzene rings is 1. The lowest BCUT2D eigenvalue weighted by Crippen LogP contribution is -1.88. The van der Waals surface area contributed by atoms with Crippen molar-refractivity contribution in [1.82, 2.24) is 0 Å². The molecule has 0 heteroatoms. The van der Waals surface area contributed by atoms with E-state index in [0.717, 1.165) is 6.42 Å². The van der Waals surface area contributed by atoms with Crippen molar-refractivity contribution in [2.75, 3.05) is 0 Å². The summed E-state index contributed by atoms with van der Waals surface area (Å²) in [5.74, 6) is 0. The van der Waals surface area contributed by atoms with E-state index in [9.17, 15) is 0 Å². The van der Waals surface area contributed by atoms with Crippen LogP contribution in [-0.4, -0.2) is 0 Å². The first-order valence-corrected chi connectivity index (χ1v) is 9.05. The number of hydrogen-bond acceptors (Lipinski definition) is 0. The molecule has 118 valence electrons. The van der Waals surface area contributed by atoms with Gasteiger partial charge in [-0.1, -0.05) is 95.1 Å². The third-order valence-electron chi connectivity index (χ3n) is 4.22. The van der Waals surface area contributed by atoms with E-state index in [4.69, 9.17) is 0 Å². The van der Waals surface area contributed by atoms with Gasteiger partial charge in [0.05, 0.1) is 0 Å². The first-order valence-electron chi connectivity index (χ1n) is 9.05. The van der Waals surface area contributed by atoms with Crippen LogP contribution < -0.4 is 0 Å². The van der Waals surface area contributed by atoms with Crippen molar-refractivity contribution >= 4 is 0 Å². The molecule has 0 spiro atoms. The smallest absolute Gasteiger partial charge is 0.0100 e. The van der Waals surface area contributed by atoms with E-state index in [1.807, 2.05) is 6.08 Å². The standard InChI is InChI=1S/C21H34/c1-3-5-6-7-8-9-10-11-12-13-15-21-18-16-20(14-4-2)17-19-21/h4,16-19H,2-3,5-15H2,1H3. The topological polar surface area (TPSA) is 0 Å². The average molecular weight is 287 g/mol. The van der Waals surface area contributed by atoms with E-state index in [1.54, 1.807) is 0 Å². The zero-order valence-corrected chi connectivity index (χ0v) is 14.1. The van der Waals surface area contributed by atoms with E-state index in [1.165, 1.54) is 81.8 Å². The molecule has 0 heterocycles. The normalized spacial score (nSPS) is 10.7. The van der Waals surface area contributed by atoms with Gasteiger partial charge in [0.1, 0.15) is 0 Å². The van der Waals surface area contributed by atoms with Gasteiger partial charge in [0, 0.05) is 0 Å². The fourth-order valence-electron chi connectivity index (χ4n) is 2.83. The Morgan fingerprint density at radius 3 is 1.71 bits per heavy atom. The number of unbranched alkanes of at least 4 members (excludes halogenated alkanes) is 9. The number of rotatable bonds is 13. The van der Waals surface area contributed by atoms with Gasteiger partial charge in [0.2, 0.25) is 0 Å². The van der Waals surface area contributed by atoms with Crippen LogP contribution in [-0.2, 0) is 12.8 Å². The summed E-state index contributed by atoms with van der Waals surface area (Å²) in [4.78, 5) is 0. The summed E-state index contributed by atoms with van der Waals surface area (Å²) in [7, 11) is 0. The van der Waals surface area contributed by atoms with Gasteiger partial charge in [0.25, 0.3) is 0 Å². The first kappa shape index (κ1) is 18.0. The van der Waals surface area contributed by atoms with Crippen molar-refractivity contribution < 1.29 is 0 Å². The Morgan fingerprint density at radius 2 is 1.19 bits per heavy atom. The minimum Gasteiger partial charge on any atom is -0.103 e. The molecule has 0 saturated carbocycles. The lowest BCUT2D eigenvalue weighted by molar-refractivity contribution is 0.556. The van der Waals surface area contributed by atoms with E-state index >= 15 is 0 Å². The van der Waals surface area contributed by atoms with Gasteiger partial charge in [-0.3, -0.25) is 0 Å². The molecule has 1 aromatic carbocycles. The molecule has 0 aliphatic heterocycles. The highest BCUT2D eigenvalue weighted by atomic mass is 14.0. The Bertz CT molecular complexity index is 347. The van der Waals surface area contributed by atoms with Gasteiger partial charge >= 0.3 is 0 Å². The van der Waals surface area contributed by atoms with Crippen molar-refractivity contribution in [2.45, 2.75) is 84.0 Å². The SMILES string of the molecule is C=CCc1ccc(CCCCCCCCCCCC)cc1. The fourth-order valence-corrected chi connectivity index (χ4v) is 2.83. The molecular weight excluding hydrogens is 252 g/mol. The number of allylic oxidation sites excluding steroid dienone is 1. The highest BCUT2D eigenvalue weighted by Gasteiger charge is 1.96. The Labute approximate surface area is 132 Å². The van der Waals surface area contributed by atoms with Gasteiger partial charge in [-0.2, -0.15) is 0 Å². The molecule has 0 nitrogen and oxygen atoms in total. The zero-order chi connectivity index (χ0) is 15.2. The average Bonchev–Trinajstić information content (AvgIpc) is 2.51. The number of hydrogen-bond donors (Lipinski definition) is 0. The summed E-state index contributed by atoms with van der Waals surface area (Å²) in [5, 5.41) is 0. The molecule has 21 heavy (non-hydrogen) atoms. The largest absolute Gasteiger partial charge is 0.103 e. The van der Waals surface area contributed by atoms with Gasteiger partial charge < -0.3 is 0 Å². The highest BCUT2D eigenvalue weighted by Crippen LogP contribution is 2.13. The molecule has 0 saturated heterocycles. The third kappa shape index (κ3) is 9.50. The quantitative estimate of drug-likeness (QED) is 0.274. The van der Waals surface area contributed by atoms with Crippen LogP contribution in [0.2, 0.25) is 0 Å². The van der Waals surface area contributed by atoms with Crippen LogP contribution >= 0.6 is 0 Å². The van der Waals surface area contributed by atoms with Gasteiger partial charge in [-0.15, -0.1) is 6.58 Å². The van der Waals surface area contributed by atoms with Gasteiger partial charge in [-0.05, 0) is 30.4 Å². The van der Waals surface area contributed by atoms with Gasteiger partial charge in [0.15, 0.2) is 0 Å². The van der Waals surface area contributed by atoms with Crippen LogP contribution in [0.25, 0.3) is 0 Å². The molecule has 0 unspecified atom stereocenters. The summed E-state index contributed by atoms with van der Waals surface area (Å²) in [6, 6.07) is 9.06. The monoisotopic (exact) mass is 286 g/mol. The Kier molecular flexibility index (Phi) is 10.9. The second kappa shape index (κ2) is 12.7. The second-order valence-corrected chi connectivity index (χ2v) is 6.24. The van der Waals surface area contributed by atoms with Crippen LogP contribution in [0.15, 0.2) is 36.9 Å². The maximum atomic E-state index is 3.78. The predicted molar refractivity (Wildman–Crippen MR) is 95.9 cm³/mol. The van der Waals surface area contributed by atoms with Crippen LogP contribution in [0.1, 0.15) is 82.3 Å². The molecule has 0 aromatic heterocycles. The van der Waals surface area contributed by atoms with Crippen LogP contribution in [0.5, 0.6) is 0 Å². The Balaban J connectivity index is 1.95. The zero-order valence-electron chi connectivity index (χ0n) is 14.1. The molecule has 0 N–H and O–H groups in total. The lowest BCUT2D eigenvalue weighted by atomic mass is 10.0. The Morgan fingerprint density at radius 1 is 0.714 bits per heavy atom. The fraction of sp³-hybridized carbons (Fsp3) is 0.619. The molecule has 0 amide bonds. The summed E-state index contributed by atoms with van der Waals surface area (Å²) < 4.78 is 0. The van der Waals surface area contributed by atoms with E-state index < -0.39 is 0 Å². The van der Waals surface area contributed by atoms with Crippen molar-refractivity contribution in [1.29, 1.82) is 0 Å². The van der Waals surface area contributed by atoms with E-state index in [0.29, 0.717) is 0 Å². The minimum atomic E-state index is 0.985. The van der Waals surface area contributed by atoms with E-state index in [2.05, 4.69) is 37.8 Å². The molecule has 1 aromatic rings. The van der Waals surface area contributed by atoms with Crippen molar-refractivity contribution in [3.63, 3.8) is 0 Å². The third-order valence-corrected chi connectivity index (χ3v) is 4.22. The summed E-state index contributed by atoms with van der Waals surface area (Å²) in [6.45, 7) is 6.07. The summed E-state index contributed by atoms with van der Waals surface area (Å²) in [5.41, 5.74) is 2.86. The minimum absolute atomic E-state index is 0.985. The van der Waals surface area contributed by atoms with Crippen molar-refractivity contribution in [2.24, 2.45) is 0 Å². The highest BCUT2D eigenvalue weighted by molar-refractivity contribution is 5.23. The molecule has 0 aliphatic carbocycles. The predicted octanol–water partition coefficient (Wildman–Crippen LogP) is 6.88. The lowest BCUT2D eigenvalue weighted by Gasteiger charge is -2.04. The Hall–Kier alpha value is -1.04. The first-order chi connectivity index (χ1) is 10.4. The van der Waals surface area contributed by atoms with Crippen molar-refractivity contribution in [3.8, 4) is 0 Å². The molecule has 0 atom stereocenters. The molecule has 0 fully saturated rings. The van der Waals surface area contributed by atoms with E-state index in [-0.39, 0.29) is 0 Å². The van der Waals surface area contributed by atoms with Crippen LogP contribution in [0.3, 0.4) is 0 Å².